The van der Waals surface area contributed by atoms with Crippen LogP contribution in [0.2, 0.25) is 0 Å². The van der Waals surface area contributed by atoms with Crippen molar-refractivity contribution < 1.29 is 4.79 Å². The molecule has 0 saturated heterocycles. The molecule has 0 bridgehead atoms. The summed E-state index contributed by atoms with van der Waals surface area (Å²) in [7, 11) is 0. The molecule has 1 heterocycles. The molecule has 0 saturated carbocycles. The fourth-order valence-electron chi connectivity index (χ4n) is 0.956. The zero-order valence-corrected chi connectivity index (χ0v) is 8.55. The van der Waals surface area contributed by atoms with E-state index in [1.54, 1.807) is 12.3 Å². The summed E-state index contributed by atoms with van der Waals surface area (Å²) in [6.07, 6.45) is 5.94. The third-order valence-electron chi connectivity index (χ3n) is 1.89. The maximum absolute atomic E-state index is 10.4. The summed E-state index contributed by atoms with van der Waals surface area (Å²) in [5.74, 6) is 0.563. The highest BCUT2D eigenvalue weighted by molar-refractivity contribution is 6.02. The van der Waals surface area contributed by atoms with E-state index in [1.807, 2.05) is 6.07 Å². The standard InChI is InChI=1S/C11H13N3O/c1-2-9-3-4-11(13-6-9)14-7-10(5-12)8-15/h3-8H,2,12H2,1H3. The van der Waals surface area contributed by atoms with Crippen LogP contribution in [0, 0.1) is 0 Å². The number of carbonyl (C=O) groups excluding carboxylic acids is 1. The number of aldehydes is 1. The average molecular weight is 203 g/mol. The molecule has 0 aliphatic carbocycles. The van der Waals surface area contributed by atoms with Crippen molar-refractivity contribution in [2.24, 2.45) is 10.7 Å². The van der Waals surface area contributed by atoms with Gasteiger partial charge in [0.1, 0.15) is 0 Å². The number of nitrogens with zero attached hydrogens (tertiary/aromatic N) is 2. The van der Waals surface area contributed by atoms with Gasteiger partial charge in [0, 0.05) is 24.2 Å². The third kappa shape index (κ3) is 3.34. The molecule has 15 heavy (non-hydrogen) atoms. The molecule has 0 unspecified atom stereocenters. The van der Waals surface area contributed by atoms with Crippen LogP contribution in [-0.2, 0) is 11.2 Å². The lowest BCUT2D eigenvalue weighted by atomic mass is 10.2. The summed E-state index contributed by atoms with van der Waals surface area (Å²) >= 11 is 0. The highest BCUT2D eigenvalue weighted by Gasteiger charge is 1.92. The molecule has 1 aromatic heterocycles. The molecule has 1 rings (SSSR count). The number of nitrogens with two attached hydrogens (primary N) is 1. The minimum absolute atomic E-state index is 0.330. The number of aromatic nitrogens is 1. The lowest BCUT2D eigenvalue weighted by Gasteiger charge is -1.95. The monoisotopic (exact) mass is 203 g/mol. The minimum atomic E-state index is 0.330. The van der Waals surface area contributed by atoms with Crippen molar-refractivity contribution in [3.8, 4) is 0 Å². The second-order valence-corrected chi connectivity index (χ2v) is 2.92. The topological polar surface area (TPSA) is 68.3 Å². The van der Waals surface area contributed by atoms with Crippen LogP contribution in [0.15, 0.2) is 35.1 Å². The van der Waals surface area contributed by atoms with Gasteiger partial charge in [0.2, 0.25) is 0 Å². The van der Waals surface area contributed by atoms with Crippen molar-refractivity contribution >= 4 is 18.3 Å². The number of aryl methyl sites for hydroxylation is 1. The van der Waals surface area contributed by atoms with Gasteiger partial charge in [0.25, 0.3) is 0 Å². The third-order valence-corrected chi connectivity index (χ3v) is 1.89. The molecule has 4 nitrogen and oxygen atoms in total. The highest BCUT2D eigenvalue weighted by atomic mass is 16.1. The zero-order chi connectivity index (χ0) is 11.1. The largest absolute Gasteiger partial charge is 0.404 e. The van der Waals surface area contributed by atoms with Gasteiger partial charge < -0.3 is 5.73 Å². The van der Waals surface area contributed by atoms with Crippen molar-refractivity contribution in [3.63, 3.8) is 0 Å². The molecule has 0 amide bonds. The van der Waals surface area contributed by atoms with Gasteiger partial charge in [0.15, 0.2) is 12.1 Å². The fourth-order valence-corrected chi connectivity index (χ4v) is 0.956. The molecule has 0 aromatic carbocycles. The number of hydrogen-bond donors (Lipinski definition) is 1. The quantitative estimate of drug-likeness (QED) is 0.456. The summed E-state index contributed by atoms with van der Waals surface area (Å²) in [5.41, 5.74) is 6.67. The summed E-state index contributed by atoms with van der Waals surface area (Å²) in [5, 5.41) is 0. The molecular formula is C11H13N3O. The van der Waals surface area contributed by atoms with Gasteiger partial charge in [-0.3, -0.25) is 4.79 Å². The van der Waals surface area contributed by atoms with E-state index in [9.17, 15) is 4.79 Å². The van der Waals surface area contributed by atoms with Crippen molar-refractivity contribution in [3.05, 3.63) is 35.7 Å². The van der Waals surface area contributed by atoms with Crippen LogP contribution in [0.5, 0.6) is 0 Å². The van der Waals surface area contributed by atoms with E-state index in [2.05, 4.69) is 16.9 Å². The smallest absolute Gasteiger partial charge is 0.153 e. The predicted molar refractivity (Wildman–Crippen MR) is 60.1 cm³/mol. The molecule has 0 spiro atoms. The maximum atomic E-state index is 10.4. The van der Waals surface area contributed by atoms with Crippen LogP contribution in [0.25, 0.3) is 0 Å². The van der Waals surface area contributed by atoms with E-state index < -0.39 is 0 Å². The van der Waals surface area contributed by atoms with Crippen molar-refractivity contribution in [1.82, 2.24) is 4.98 Å². The lowest BCUT2D eigenvalue weighted by molar-refractivity contribution is -0.104. The van der Waals surface area contributed by atoms with Crippen LogP contribution < -0.4 is 5.73 Å². The van der Waals surface area contributed by atoms with Gasteiger partial charge in [-0.15, -0.1) is 0 Å². The van der Waals surface area contributed by atoms with Gasteiger partial charge >= 0.3 is 0 Å². The Kier molecular flexibility index (Phi) is 4.22. The van der Waals surface area contributed by atoms with Crippen LogP contribution >= 0.6 is 0 Å². The van der Waals surface area contributed by atoms with E-state index in [0.29, 0.717) is 17.7 Å². The first kappa shape index (κ1) is 11.1. The van der Waals surface area contributed by atoms with E-state index in [-0.39, 0.29) is 0 Å². The zero-order valence-electron chi connectivity index (χ0n) is 8.55. The van der Waals surface area contributed by atoms with E-state index in [0.717, 1.165) is 12.0 Å². The highest BCUT2D eigenvalue weighted by Crippen LogP contribution is 2.08. The van der Waals surface area contributed by atoms with Gasteiger partial charge in [-0.2, -0.15) is 0 Å². The SMILES string of the molecule is CCc1ccc(N=CC(C=O)=CN)nc1. The summed E-state index contributed by atoms with van der Waals surface area (Å²) < 4.78 is 0. The molecule has 1 aromatic rings. The van der Waals surface area contributed by atoms with Crippen molar-refractivity contribution in [2.75, 3.05) is 0 Å². The number of hydrogen-bond acceptors (Lipinski definition) is 4. The van der Waals surface area contributed by atoms with E-state index in [4.69, 9.17) is 5.73 Å². The van der Waals surface area contributed by atoms with Gasteiger partial charge in [0.05, 0.1) is 0 Å². The van der Waals surface area contributed by atoms with Gasteiger partial charge in [-0.1, -0.05) is 13.0 Å². The van der Waals surface area contributed by atoms with Crippen LogP contribution in [0.4, 0.5) is 5.82 Å². The fraction of sp³-hybridized carbons (Fsp3) is 0.182. The Morgan fingerprint density at radius 2 is 2.40 bits per heavy atom. The van der Waals surface area contributed by atoms with Crippen molar-refractivity contribution in [1.29, 1.82) is 0 Å². The summed E-state index contributed by atoms with van der Waals surface area (Å²) in [6.45, 7) is 2.06. The Balaban J connectivity index is 2.76. The van der Waals surface area contributed by atoms with Crippen molar-refractivity contribution in [2.45, 2.75) is 13.3 Å². The van der Waals surface area contributed by atoms with E-state index in [1.165, 1.54) is 12.4 Å². The molecule has 4 heteroatoms. The maximum Gasteiger partial charge on any atom is 0.153 e. The van der Waals surface area contributed by atoms with Gasteiger partial charge in [-0.05, 0) is 18.1 Å². The first-order valence-corrected chi connectivity index (χ1v) is 4.66. The molecule has 2 N–H and O–H groups in total. The number of pyridine rings is 1. The molecule has 0 aliphatic rings. The lowest BCUT2D eigenvalue weighted by Crippen LogP contribution is -1.91. The Morgan fingerprint density at radius 1 is 1.60 bits per heavy atom. The van der Waals surface area contributed by atoms with Crippen LogP contribution in [0.1, 0.15) is 12.5 Å². The number of allylic oxidation sites excluding steroid dienone is 1. The molecule has 0 aliphatic heterocycles. The second kappa shape index (κ2) is 5.70. The first-order chi connectivity index (χ1) is 7.30. The Bertz CT molecular complexity index is 379. The number of rotatable bonds is 4. The second-order valence-electron chi connectivity index (χ2n) is 2.92. The Labute approximate surface area is 88.5 Å². The predicted octanol–water partition coefficient (Wildman–Crippen LogP) is 1.39. The number of carbonyl (C=O) groups is 1. The molecule has 78 valence electrons. The Hall–Kier alpha value is -1.97. The van der Waals surface area contributed by atoms with E-state index >= 15 is 0 Å². The molecule has 0 radical (unpaired) electrons. The number of aliphatic imine (C=N–C) groups is 1. The van der Waals surface area contributed by atoms with Crippen LogP contribution in [-0.4, -0.2) is 17.5 Å². The van der Waals surface area contributed by atoms with Gasteiger partial charge in [-0.25, -0.2) is 9.98 Å². The molecular weight excluding hydrogens is 190 g/mol. The Morgan fingerprint density at radius 3 is 2.87 bits per heavy atom. The normalized spacial score (nSPS) is 11.9. The minimum Gasteiger partial charge on any atom is -0.404 e. The summed E-state index contributed by atoms with van der Waals surface area (Å²) in [6, 6.07) is 3.75. The first-order valence-electron chi connectivity index (χ1n) is 4.66. The van der Waals surface area contributed by atoms with Crippen LogP contribution in [0.3, 0.4) is 0 Å². The average Bonchev–Trinajstić information content (AvgIpc) is 2.31. The summed E-state index contributed by atoms with van der Waals surface area (Å²) in [4.78, 5) is 18.5. The molecule has 0 fully saturated rings. The molecule has 0 atom stereocenters.